The smallest absolute Gasteiger partial charge is 0.323 e. The first-order chi connectivity index (χ1) is 14.1. The van der Waals surface area contributed by atoms with Gasteiger partial charge in [0, 0.05) is 17.8 Å². The van der Waals surface area contributed by atoms with Crippen molar-refractivity contribution in [3.05, 3.63) is 89.2 Å². The van der Waals surface area contributed by atoms with Crippen LogP contribution in [0.3, 0.4) is 0 Å². The van der Waals surface area contributed by atoms with Crippen LogP contribution in [0, 0.1) is 13.8 Å². The normalized spacial score (nSPS) is 10.8. The molecule has 146 valence electrons. The van der Waals surface area contributed by atoms with Crippen molar-refractivity contribution in [2.75, 3.05) is 10.6 Å². The largest absolute Gasteiger partial charge is 0.342 e. The summed E-state index contributed by atoms with van der Waals surface area (Å²) in [5.41, 5.74) is 7.07. The molecule has 0 saturated heterocycles. The summed E-state index contributed by atoms with van der Waals surface area (Å²) in [5, 5.41) is 5.80. The molecule has 0 aliphatic heterocycles. The van der Waals surface area contributed by atoms with E-state index < -0.39 is 0 Å². The highest BCUT2D eigenvalue weighted by atomic mass is 16.2. The van der Waals surface area contributed by atoms with E-state index in [2.05, 4.69) is 20.6 Å². The third-order valence-corrected chi connectivity index (χ3v) is 5.15. The number of nitrogens with zero attached hydrogens (tertiary/aromatic N) is 1. The Morgan fingerprint density at radius 3 is 2.48 bits per heavy atom. The number of hydrogen-bond acceptors (Lipinski definition) is 2. The number of aromatic nitrogens is 2. The van der Waals surface area contributed by atoms with E-state index in [1.54, 1.807) is 0 Å². The van der Waals surface area contributed by atoms with Gasteiger partial charge in [-0.05, 0) is 67.3 Å². The number of para-hydroxylation sites is 2. The molecule has 0 radical (unpaired) electrons. The molecular formula is C24H24N4O. The quantitative estimate of drug-likeness (QED) is 0.419. The Bertz CT molecular complexity index is 1110. The predicted molar refractivity (Wildman–Crippen MR) is 119 cm³/mol. The second-order valence-electron chi connectivity index (χ2n) is 7.22. The first kappa shape index (κ1) is 18.7. The summed E-state index contributed by atoms with van der Waals surface area (Å²) in [5.74, 6) is 0.987. The lowest BCUT2D eigenvalue weighted by Crippen LogP contribution is -2.20. The summed E-state index contributed by atoms with van der Waals surface area (Å²) in [4.78, 5) is 20.3. The van der Waals surface area contributed by atoms with Crippen LogP contribution < -0.4 is 10.6 Å². The minimum atomic E-state index is -0.242. The van der Waals surface area contributed by atoms with Crippen molar-refractivity contribution in [1.29, 1.82) is 0 Å². The number of benzene rings is 3. The van der Waals surface area contributed by atoms with E-state index in [-0.39, 0.29) is 6.03 Å². The molecule has 0 fully saturated rings. The van der Waals surface area contributed by atoms with Gasteiger partial charge in [-0.2, -0.15) is 0 Å². The SMILES string of the molecule is Cc1cccc(NC(=O)Nc2ccc(CCc3nc4ccccc4[nH]3)cc2)c1C. The zero-order valence-electron chi connectivity index (χ0n) is 16.6. The lowest BCUT2D eigenvalue weighted by Gasteiger charge is -2.11. The topological polar surface area (TPSA) is 69.8 Å². The van der Waals surface area contributed by atoms with Gasteiger partial charge in [0.1, 0.15) is 5.82 Å². The highest BCUT2D eigenvalue weighted by molar-refractivity contribution is 6.00. The van der Waals surface area contributed by atoms with Crippen molar-refractivity contribution in [2.45, 2.75) is 26.7 Å². The summed E-state index contributed by atoms with van der Waals surface area (Å²) in [6.45, 7) is 4.03. The van der Waals surface area contributed by atoms with Crippen LogP contribution in [0.4, 0.5) is 16.2 Å². The number of anilines is 2. The number of amides is 2. The highest BCUT2D eigenvalue weighted by Gasteiger charge is 2.07. The van der Waals surface area contributed by atoms with Crippen LogP contribution in [-0.4, -0.2) is 16.0 Å². The van der Waals surface area contributed by atoms with Crippen molar-refractivity contribution < 1.29 is 4.79 Å². The highest BCUT2D eigenvalue weighted by Crippen LogP contribution is 2.19. The molecule has 29 heavy (non-hydrogen) atoms. The molecule has 0 saturated carbocycles. The molecule has 0 aliphatic carbocycles. The molecule has 0 spiro atoms. The first-order valence-corrected chi connectivity index (χ1v) is 9.75. The van der Waals surface area contributed by atoms with Crippen molar-refractivity contribution in [3.8, 4) is 0 Å². The number of nitrogens with one attached hydrogen (secondary N) is 3. The van der Waals surface area contributed by atoms with Crippen LogP contribution in [-0.2, 0) is 12.8 Å². The maximum atomic E-state index is 12.3. The van der Waals surface area contributed by atoms with Crippen LogP contribution in [0.15, 0.2) is 66.7 Å². The second-order valence-corrected chi connectivity index (χ2v) is 7.22. The maximum Gasteiger partial charge on any atom is 0.323 e. The number of rotatable bonds is 5. The van der Waals surface area contributed by atoms with Crippen LogP contribution in [0.5, 0.6) is 0 Å². The molecule has 4 aromatic rings. The van der Waals surface area contributed by atoms with E-state index in [9.17, 15) is 4.79 Å². The second kappa shape index (κ2) is 8.19. The Balaban J connectivity index is 1.33. The van der Waals surface area contributed by atoms with Gasteiger partial charge >= 0.3 is 6.03 Å². The third-order valence-electron chi connectivity index (χ3n) is 5.15. The molecule has 0 bridgehead atoms. The van der Waals surface area contributed by atoms with Gasteiger partial charge in [0.25, 0.3) is 0 Å². The van der Waals surface area contributed by atoms with Gasteiger partial charge < -0.3 is 15.6 Å². The fraction of sp³-hybridized carbons (Fsp3) is 0.167. The number of aryl methyl sites for hydroxylation is 3. The number of imidazole rings is 1. The number of urea groups is 1. The number of carbonyl (C=O) groups excluding carboxylic acids is 1. The molecule has 2 amide bonds. The molecule has 1 aromatic heterocycles. The van der Waals surface area contributed by atoms with Gasteiger partial charge in [-0.1, -0.05) is 36.4 Å². The number of fused-ring (bicyclic) bond motifs is 1. The minimum Gasteiger partial charge on any atom is -0.342 e. The van der Waals surface area contributed by atoms with E-state index in [0.717, 1.165) is 52.2 Å². The predicted octanol–water partition coefficient (Wildman–Crippen LogP) is 5.61. The van der Waals surface area contributed by atoms with Crippen molar-refractivity contribution in [2.24, 2.45) is 0 Å². The number of carbonyl (C=O) groups is 1. The summed E-state index contributed by atoms with van der Waals surface area (Å²) in [6.07, 6.45) is 1.73. The zero-order valence-corrected chi connectivity index (χ0v) is 16.6. The fourth-order valence-electron chi connectivity index (χ4n) is 3.31. The molecule has 5 nitrogen and oxygen atoms in total. The first-order valence-electron chi connectivity index (χ1n) is 9.75. The average Bonchev–Trinajstić information content (AvgIpc) is 3.14. The van der Waals surface area contributed by atoms with Gasteiger partial charge in [0.2, 0.25) is 0 Å². The Morgan fingerprint density at radius 2 is 1.69 bits per heavy atom. The molecule has 4 rings (SSSR count). The summed E-state index contributed by atoms with van der Waals surface area (Å²) in [6, 6.07) is 21.6. The van der Waals surface area contributed by atoms with Crippen molar-refractivity contribution >= 4 is 28.4 Å². The third kappa shape index (κ3) is 4.46. The average molecular weight is 384 g/mol. The summed E-state index contributed by atoms with van der Waals surface area (Å²) in [7, 11) is 0. The number of aromatic amines is 1. The van der Waals surface area contributed by atoms with Gasteiger partial charge in [-0.3, -0.25) is 0 Å². The zero-order chi connectivity index (χ0) is 20.2. The lowest BCUT2D eigenvalue weighted by molar-refractivity contribution is 0.262. The van der Waals surface area contributed by atoms with Gasteiger partial charge in [0.15, 0.2) is 0 Å². The standard InChI is InChI=1S/C24H24N4O/c1-16-6-5-9-20(17(16)2)28-24(29)25-19-13-10-18(11-14-19)12-15-23-26-21-7-3-4-8-22(21)27-23/h3-11,13-14H,12,15H2,1-2H3,(H,26,27)(H2,25,28,29). The van der Waals surface area contributed by atoms with Crippen LogP contribution in [0.2, 0.25) is 0 Å². The van der Waals surface area contributed by atoms with Crippen molar-refractivity contribution in [1.82, 2.24) is 9.97 Å². The maximum absolute atomic E-state index is 12.3. The molecule has 3 N–H and O–H groups in total. The minimum absolute atomic E-state index is 0.242. The number of hydrogen-bond donors (Lipinski definition) is 3. The monoisotopic (exact) mass is 384 g/mol. The molecule has 0 unspecified atom stereocenters. The van der Waals surface area contributed by atoms with Gasteiger partial charge in [0.05, 0.1) is 11.0 Å². The van der Waals surface area contributed by atoms with E-state index in [1.807, 2.05) is 80.6 Å². The lowest BCUT2D eigenvalue weighted by atomic mass is 10.1. The van der Waals surface area contributed by atoms with Crippen LogP contribution in [0.1, 0.15) is 22.5 Å². The Labute approximate surface area is 170 Å². The van der Waals surface area contributed by atoms with Gasteiger partial charge in [-0.15, -0.1) is 0 Å². The van der Waals surface area contributed by atoms with E-state index in [1.165, 1.54) is 5.56 Å². The fourth-order valence-corrected chi connectivity index (χ4v) is 3.31. The van der Waals surface area contributed by atoms with E-state index >= 15 is 0 Å². The van der Waals surface area contributed by atoms with Crippen LogP contribution >= 0.6 is 0 Å². The molecule has 3 aromatic carbocycles. The number of H-pyrrole nitrogens is 1. The Hall–Kier alpha value is -3.60. The molecule has 0 atom stereocenters. The summed E-state index contributed by atoms with van der Waals surface area (Å²) < 4.78 is 0. The molecule has 5 heteroatoms. The molecule has 1 heterocycles. The van der Waals surface area contributed by atoms with E-state index in [4.69, 9.17) is 0 Å². The molecule has 0 aliphatic rings. The van der Waals surface area contributed by atoms with Gasteiger partial charge in [-0.25, -0.2) is 9.78 Å². The summed E-state index contributed by atoms with van der Waals surface area (Å²) >= 11 is 0. The Kier molecular flexibility index (Phi) is 5.29. The van der Waals surface area contributed by atoms with E-state index in [0.29, 0.717) is 0 Å². The van der Waals surface area contributed by atoms with Crippen molar-refractivity contribution in [3.63, 3.8) is 0 Å². The van der Waals surface area contributed by atoms with Crippen LogP contribution in [0.25, 0.3) is 11.0 Å². The Morgan fingerprint density at radius 1 is 0.897 bits per heavy atom. The molecular weight excluding hydrogens is 360 g/mol.